The number of anilines is 2. The number of hydrogen-bond acceptors (Lipinski definition) is 7. The Bertz CT molecular complexity index is 803. The number of aliphatic carboxylic acids is 1. The lowest BCUT2D eigenvalue weighted by Crippen LogP contribution is -2.20. The molecule has 0 aliphatic carbocycles. The number of carboxylic acid groups (broad SMARTS) is 1. The van der Waals surface area contributed by atoms with Crippen molar-refractivity contribution in [2.45, 2.75) is 13.0 Å². The normalized spacial score (nSPS) is 10.1. The third kappa shape index (κ3) is 5.20. The van der Waals surface area contributed by atoms with Crippen LogP contribution in [0.5, 0.6) is 0 Å². The van der Waals surface area contributed by atoms with E-state index in [1.807, 2.05) is 0 Å². The van der Waals surface area contributed by atoms with Gasteiger partial charge in [0.05, 0.1) is 30.7 Å². The average molecular weight is 341 g/mol. The number of carbonyl (C=O) groups is 1. The minimum atomic E-state index is -0.874. The van der Waals surface area contributed by atoms with Crippen LogP contribution in [-0.2, 0) is 17.8 Å². The molecule has 0 amide bonds. The molecule has 8 N–H and O–H groups in total. The number of amidine groups is 1. The molecule has 0 unspecified atom stereocenters. The third-order valence-corrected chi connectivity index (χ3v) is 3.14. The van der Waals surface area contributed by atoms with E-state index in [2.05, 4.69) is 27.2 Å². The van der Waals surface area contributed by atoms with E-state index < -0.39 is 5.97 Å². The van der Waals surface area contributed by atoms with E-state index in [1.54, 1.807) is 24.3 Å². The molecule has 9 heteroatoms. The van der Waals surface area contributed by atoms with Gasteiger partial charge in [0.2, 0.25) is 0 Å². The Morgan fingerprint density at radius 2 is 1.96 bits per heavy atom. The number of nitrogen functional groups attached to an aromatic ring is 1. The topological polar surface area (TPSA) is 163 Å². The number of carboxylic acids is 1. The van der Waals surface area contributed by atoms with Crippen LogP contribution in [0, 0.1) is 5.41 Å². The van der Waals surface area contributed by atoms with Crippen molar-refractivity contribution in [3.63, 3.8) is 0 Å². The lowest BCUT2D eigenvalue weighted by Gasteiger charge is -2.11. The monoisotopic (exact) mass is 341 g/mol. The molecular weight excluding hydrogens is 322 g/mol. The highest BCUT2D eigenvalue weighted by atomic mass is 16.4. The minimum Gasteiger partial charge on any atom is -0.481 e. The van der Waals surface area contributed by atoms with Crippen LogP contribution in [-0.4, -0.2) is 26.9 Å². The van der Waals surface area contributed by atoms with E-state index in [4.69, 9.17) is 22.0 Å². The number of benzene rings is 1. The highest BCUT2D eigenvalue weighted by Crippen LogP contribution is 2.14. The molecule has 0 bridgehead atoms. The van der Waals surface area contributed by atoms with Gasteiger partial charge in [-0.2, -0.15) is 0 Å². The second-order valence-corrected chi connectivity index (χ2v) is 5.24. The Morgan fingerprint density at radius 3 is 2.52 bits per heavy atom. The fourth-order valence-corrected chi connectivity index (χ4v) is 2.05. The van der Waals surface area contributed by atoms with Gasteiger partial charge >= 0.3 is 5.97 Å². The number of nitrogens with one attached hydrogen (secondary N) is 3. The number of hydrogen-bond donors (Lipinski definition) is 6. The van der Waals surface area contributed by atoms with Crippen LogP contribution < -0.4 is 22.1 Å². The van der Waals surface area contributed by atoms with Crippen LogP contribution in [0.15, 0.2) is 42.9 Å². The third-order valence-electron chi connectivity index (χ3n) is 3.14. The maximum Gasteiger partial charge on any atom is 0.307 e. The molecule has 0 aliphatic heterocycles. The number of nitrogens with zero attached hydrogens (tertiary/aromatic N) is 2. The molecule has 0 atom stereocenters. The second kappa shape index (κ2) is 7.77. The summed E-state index contributed by atoms with van der Waals surface area (Å²) in [6.07, 6.45) is 1.51. The Labute approximate surface area is 144 Å². The fourth-order valence-electron chi connectivity index (χ4n) is 2.05. The summed E-state index contributed by atoms with van der Waals surface area (Å²) in [5, 5.41) is 22.2. The van der Waals surface area contributed by atoms with E-state index in [-0.39, 0.29) is 29.6 Å². The van der Waals surface area contributed by atoms with Crippen LogP contribution in [0.2, 0.25) is 0 Å². The zero-order valence-electron chi connectivity index (χ0n) is 13.4. The first-order valence-corrected chi connectivity index (χ1v) is 7.31. The molecular formula is C16H19N7O2. The Hall–Kier alpha value is -3.62. The fraction of sp³-hybridized carbons (Fsp3) is 0.125. The van der Waals surface area contributed by atoms with Crippen LogP contribution >= 0.6 is 0 Å². The van der Waals surface area contributed by atoms with Crippen LogP contribution in [0.4, 0.5) is 11.5 Å². The van der Waals surface area contributed by atoms with Gasteiger partial charge in [0.1, 0.15) is 11.5 Å². The van der Waals surface area contributed by atoms with Gasteiger partial charge in [-0.1, -0.05) is 18.7 Å². The van der Waals surface area contributed by atoms with Crippen molar-refractivity contribution in [1.82, 2.24) is 9.97 Å². The quantitative estimate of drug-likeness (QED) is 0.304. The summed E-state index contributed by atoms with van der Waals surface area (Å²) in [4.78, 5) is 19.1. The van der Waals surface area contributed by atoms with Gasteiger partial charge in [-0.05, 0) is 17.7 Å². The Balaban J connectivity index is 2.07. The summed E-state index contributed by atoms with van der Waals surface area (Å²) in [6.45, 7) is 3.87. The van der Waals surface area contributed by atoms with E-state index in [0.29, 0.717) is 17.8 Å². The Morgan fingerprint density at radius 1 is 1.28 bits per heavy atom. The maximum absolute atomic E-state index is 10.7. The van der Waals surface area contributed by atoms with Gasteiger partial charge in [-0.25, -0.2) is 9.97 Å². The predicted molar refractivity (Wildman–Crippen MR) is 95.1 cm³/mol. The zero-order chi connectivity index (χ0) is 18.4. The van der Waals surface area contributed by atoms with Crippen LogP contribution in [0.3, 0.4) is 0 Å². The molecule has 0 fully saturated rings. The molecule has 0 aliphatic rings. The summed E-state index contributed by atoms with van der Waals surface area (Å²) in [5.74, 6) is -0.677. The summed E-state index contributed by atoms with van der Waals surface area (Å²) >= 11 is 0. The van der Waals surface area contributed by atoms with Gasteiger partial charge in [0.25, 0.3) is 0 Å². The molecule has 0 saturated heterocycles. The number of rotatable bonds is 8. The zero-order valence-corrected chi connectivity index (χ0v) is 13.4. The summed E-state index contributed by atoms with van der Waals surface area (Å²) in [5.41, 5.74) is 13.3. The summed E-state index contributed by atoms with van der Waals surface area (Å²) in [6, 6.07) is 7.05. The van der Waals surface area contributed by atoms with Crippen molar-refractivity contribution in [1.29, 1.82) is 5.41 Å². The first-order chi connectivity index (χ1) is 11.8. The predicted octanol–water partition coefficient (Wildman–Crippen LogP) is 0.842. The lowest BCUT2D eigenvalue weighted by molar-refractivity contribution is -0.136. The molecule has 1 heterocycles. The van der Waals surface area contributed by atoms with Crippen molar-refractivity contribution >= 4 is 23.3 Å². The van der Waals surface area contributed by atoms with E-state index in [9.17, 15) is 4.79 Å². The number of nitrogens with two attached hydrogens (primary N) is 2. The van der Waals surface area contributed by atoms with E-state index >= 15 is 0 Å². The van der Waals surface area contributed by atoms with Crippen molar-refractivity contribution in [3.8, 4) is 0 Å². The molecule has 0 saturated carbocycles. The molecule has 0 spiro atoms. The molecule has 0 radical (unpaired) electrons. The highest BCUT2D eigenvalue weighted by Gasteiger charge is 2.11. The maximum atomic E-state index is 10.7. The van der Waals surface area contributed by atoms with Gasteiger partial charge in [0, 0.05) is 5.69 Å². The summed E-state index contributed by atoms with van der Waals surface area (Å²) < 4.78 is 0. The molecule has 2 aromatic rings. The van der Waals surface area contributed by atoms with Crippen molar-refractivity contribution in [2.75, 3.05) is 10.6 Å². The minimum absolute atomic E-state index is 0.0192. The molecule has 25 heavy (non-hydrogen) atoms. The summed E-state index contributed by atoms with van der Waals surface area (Å²) in [7, 11) is 0. The van der Waals surface area contributed by atoms with E-state index in [1.165, 1.54) is 6.20 Å². The van der Waals surface area contributed by atoms with Gasteiger partial charge < -0.3 is 27.2 Å². The molecule has 9 nitrogen and oxygen atoms in total. The first-order valence-electron chi connectivity index (χ1n) is 7.31. The van der Waals surface area contributed by atoms with E-state index in [0.717, 1.165) is 5.69 Å². The van der Waals surface area contributed by atoms with Crippen molar-refractivity contribution < 1.29 is 9.90 Å². The standard InChI is InChI=1S/C16H19N7O2/c1-9(17)22-16-14(15(18)19)23-12(8-21-16)7-20-11-4-2-10(3-5-11)6-13(24)25/h2-5,8,20H,1,6-7,17H2,(H3,18,19)(H,21,22)(H,24,25). The van der Waals surface area contributed by atoms with Crippen molar-refractivity contribution in [3.05, 3.63) is 59.8 Å². The highest BCUT2D eigenvalue weighted by molar-refractivity contribution is 5.97. The second-order valence-electron chi connectivity index (χ2n) is 5.24. The molecule has 1 aromatic carbocycles. The van der Waals surface area contributed by atoms with Crippen molar-refractivity contribution in [2.24, 2.45) is 11.5 Å². The SMILES string of the molecule is C=C(N)Nc1ncc(CNc2ccc(CC(=O)O)cc2)nc1C(=N)N. The number of aromatic nitrogens is 2. The smallest absolute Gasteiger partial charge is 0.307 e. The molecule has 2 rings (SSSR count). The largest absolute Gasteiger partial charge is 0.481 e. The van der Waals surface area contributed by atoms with Gasteiger partial charge in [0.15, 0.2) is 5.82 Å². The first kappa shape index (κ1) is 17.7. The van der Waals surface area contributed by atoms with Crippen LogP contribution in [0.25, 0.3) is 0 Å². The lowest BCUT2D eigenvalue weighted by atomic mass is 10.1. The molecule has 130 valence electrons. The average Bonchev–Trinajstić information content (AvgIpc) is 2.54. The van der Waals surface area contributed by atoms with Gasteiger partial charge in [-0.3, -0.25) is 10.2 Å². The van der Waals surface area contributed by atoms with Crippen LogP contribution in [0.1, 0.15) is 17.0 Å². The van der Waals surface area contributed by atoms with Gasteiger partial charge in [-0.15, -0.1) is 0 Å². The molecule has 1 aromatic heterocycles. The Kier molecular flexibility index (Phi) is 5.51.